The summed E-state index contributed by atoms with van der Waals surface area (Å²) in [6.45, 7) is 2.53. The zero-order chi connectivity index (χ0) is 10.3. The van der Waals surface area contributed by atoms with Gasteiger partial charge in [-0.1, -0.05) is 6.07 Å². The monoisotopic (exact) mass is 243 g/mol. The first-order valence-electron chi connectivity index (χ1n) is 5.44. The van der Waals surface area contributed by atoms with Crippen LogP contribution in [0, 0.1) is 5.82 Å². The van der Waals surface area contributed by atoms with Crippen molar-refractivity contribution in [3.8, 4) is 0 Å². The molecule has 1 N–H and O–H groups in total. The zero-order valence-corrected chi connectivity index (χ0v) is 9.78. The van der Waals surface area contributed by atoms with E-state index in [-0.39, 0.29) is 23.8 Å². The molecule has 2 aliphatic rings. The van der Waals surface area contributed by atoms with Gasteiger partial charge in [0.2, 0.25) is 0 Å². The fraction of sp³-hybridized carbons (Fsp3) is 0.500. The first-order valence-corrected chi connectivity index (χ1v) is 5.44. The fourth-order valence-electron chi connectivity index (χ4n) is 2.66. The maximum atomic E-state index is 13.0. The summed E-state index contributed by atoms with van der Waals surface area (Å²) >= 11 is 0. The standard InChI is InChI=1S/C12H14FNO.ClH/c13-10-1-2-11-9(7-10)8-15-12(11)3-5-14-6-4-12;/h1-2,7,14H,3-6,8H2;1H. The SMILES string of the molecule is Cl.Fc1ccc2c(c1)COC21CCNCC1. The van der Waals surface area contributed by atoms with E-state index in [4.69, 9.17) is 4.74 Å². The number of ether oxygens (including phenoxy) is 1. The predicted octanol–water partition coefficient (Wildman–Crippen LogP) is 2.36. The lowest BCUT2D eigenvalue weighted by molar-refractivity contribution is -0.0590. The molecule has 0 radical (unpaired) electrons. The van der Waals surface area contributed by atoms with Crippen molar-refractivity contribution in [1.29, 1.82) is 0 Å². The van der Waals surface area contributed by atoms with Crippen molar-refractivity contribution in [3.63, 3.8) is 0 Å². The molecule has 16 heavy (non-hydrogen) atoms. The molecule has 1 fully saturated rings. The Hall–Kier alpha value is -0.640. The van der Waals surface area contributed by atoms with E-state index in [1.54, 1.807) is 6.07 Å². The highest BCUT2D eigenvalue weighted by Crippen LogP contribution is 2.42. The molecule has 3 rings (SSSR count). The molecule has 1 spiro atoms. The van der Waals surface area contributed by atoms with Gasteiger partial charge in [-0.2, -0.15) is 0 Å². The molecule has 2 nitrogen and oxygen atoms in total. The van der Waals surface area contributed by atoms with Gasteiger partial charge in [0, 0.05) is 0 Å². The highest BCUT2D eigenvalue weighted by molar-refractivity contribution is 5.85. The van der Waals surface area contributed by atoms with Gasteiger partial charge >= 0.3 is 0 Å². The highest BCUT2D eigenvalue weighted by Gasteiger charge is 2.40. The van der Waals surface area contributed by atoms with Crippen LogP contribution in [0.15, 0.2) is 18.2 Å². The van der Waals surface area contributed by atoms with Gasteiger partial charge < -0.3 is 10.1 Å². The molecule has 0 saturated carbocycles. The second-order valence-electron chi connectivity index (χ2n) is 4.33. The molecular weight excluding hydrogens is 229 g/mol. The molecule has 0 amide bonds. The van der Waals surface area contributed by atoms with E-state index < -0.39 is 0 Å². The minimum absolute atomic E-state index is 0. The van der Waals surface area contributed by atoms with Crippen LogP contribution in [0.3, 0.4) is 0 Å². The molecule has 2 aliphatic heterocycles. The van der Waals surface area contributed by atoms with Crippen LogP contribution in [0.1, 0.15) is 24.0 Å². The Balaban J connectivity index is 0.000000963. The summed E-state index contributed by atoms with van der Waals surface area (Å²) in [4.78, 5) is 0. The van der Waals surface area contributed by atoms with Gasteiger partial charge in [0.05, 0.1) is 12.2 Å². The van der Waals surface area contributed by atoms with Crippen molar-refractivity contribution in [1.82, 2.24) is 5.32 Å². The molecule has 4 heteroatoms. The van der Waals surface area contributed by atoms with Crippen LogP contribution in [0.5, 0.6) is 0 Å². The lowest BCUT2D eigenvalue weighted by atomic mass is 9.84. The molecule has 1 aromatic carbocycles. The molecule has 1 saturated heterocycles. The van der Waals surface area contributed by atoms with Crippen LogP contribution in [-0.2, 0) is 16.9 Å². The van der Waals surface area contributed by atoms with Gasteiger partial charge in [-0.15, -0.1) is 12.4 Å². The third-order valence-corrected chi connectivity index (χ3v) is 3.47. The Kier molecular flexibility index (Phi) is 3.19. The summed E-state index contributed by atoms with van der Waals surface area (Å²) in [5.74, 6) is -0.164. The normalized spacial score (nSPS) is 21.6. The summed E-state index contributed by atoms with van der Waals surface area (Å²) in [5.41, 5.74) is 2.09. The van der Waals surface area contributed by atoms with Gasteiger partial charge in [-0.3, -0.25) is 0 Å². The van der Waals surface area contributed by atoms with E-state index in [9.17, 15) is 4.39 Å². The van der Waals surface area contributed by atoms with E-state index in [0.717, 1.165) is 31.5 Å². The Bertz CT molecular complexity index is 391. The molecule has 1 aromatic rings. The third-order valence-electron chi connectivity index (χ3n) is 3.47. The van der Waals surface area contributed by atoms with Crippen LogP contribution in [0.2, 0.25) is 0 Å². The van der Waals surface area contributed by atoms with E-state index >= 15 is 0 Å². The van der Waals surface area contributed by atoms with Gasteiger partial charge in [-0.05, 0) is 49.2 Å². The lowest BCUT2D eigenvalue weighted by Gasteiger charge is -2.33. The summed E-state index contributed by atoms with van der Waals surface area (Å²) in [6.07, 6.45) is 1.98. The third kappa shape index (κ3) is 1.73. The number of piperidine rings is 1. The fourth-order valence-corrected chi connectivity index (χ4v) is 2.66. The molecule has 88 valence electrons. The largest absolute Gasteiger partial charge is 0.365 e. The maximum Gasteiger partial charge on any atom is 0.123 e. The number of fused-ring (bicyclic) bond motifs is 2. The van der Waals surface area contributed by atoms with E-state index in [1.165, 1.54) is 11.6 Å². The Morgan fingerprint density at radius 3 is 2.75 bits per heavy atom. The topological polar surface area (TPSA) is 21.3 Å². The van der Waals surface area contributed by atoms with Gasteiger partial charge in [0.25, 0.3) is 0 Å². The summed E-state index contributed by atoms with van der Waals surface area (Å²) in [5, 5.41) is 3.32. The summed E-state index contributed by atoms with van der Waals surface area (Å²) in [6, 6.07) is 5.03. The molecule has 2 heterocycles. The molecule has 0 bridgehead atoms. The van der Waals surface area contributed by atoms with Crippen LogP contribution in [0.25, 0.3) is 0 Å². The number of hydrogen-bond acceptors (Lipinski definition) is 2. The summed E-state index contributed by atoms with van der Waals surface area (Å²) < 4.78 is 18.9. The van der Waals surface area contributed by atoms with Crippen molar-refractivity contribution in [3.05, 3.63) is 35.1 Å². The van der Waals surface area contributed by atoms with Crippen molar-refractivity contribution in [2.75, 3.05) is 13.1 Å². The first kappa shape index (κ1) is 11.8. The molecular formula is C12H15ClFNO. The zero-order valence-electron chi connectivity index (χ0n) is 8.96. The smallest absolute Gasteiger partial charge is 0.123 e. The van der Waals surface area contributed by atoms with Crippen molar-refractivity contribution in [2.45, 2.75) is 25.0 Å². The summed E-state index contributed by atoms with van der Waals surface area (Å²) in [7, 11) is 0. The van der Waals surface area contributed by atoms with Crippen LogP contribution in [-0.4, -0.2) is 13.1 Å². The molecule has 0 aromatic heterocycles. The van der Waals surface area contributed by atoms with E-state index in [2.05, 4.69) is 5.32 Å². The van der Waals surface area contributed by atoms with E-state index in [1.807, 2.05) is 6.07 Å². The van der Waals surface area contributed by atoms with Crippen molar-refractivity contribution < 1.29 is 9.13 Å². The molecule has 0 atom stereocenters. The number of nitrogens with one attached hydrogen (secondary N) is 1. The first-order chi connectivity index (χ1) is 7.30. The van der Waals surface area contributed by atoms with Crippen molar-refractivity contribution >= 4 is 12.4 Å². The Labute approximate surface area is 101 Å². The lowest BCUT2D eigenvalue weighted by Crippen LogP contribution is -2.39. The number of halogens is 2. The van der Waals surface area contributed by atoms with Gasteiger partial charge in [0.1, 0.15) is 5.82 Å². The van der Waals surface area contributed by atoms with Gasteiger partial charge in [0.15, 0.2) is 0 Å². The Morgan fingerprint density at radius 2 is 2.00 bits per heavy atom. The number of rotatable bonds is 0. The number of benzene rings is 1. The second-order valence-corrected chi connectivity index (χ2v) is 4.33. The van der Waals surface area contributed by atoms with Crippen LogP contribution in [0.4, 0.5) is 4.39 Å². The predicted molar refractivity (Wildman–Crippen MR) is 62.2 cm³/mol. The number of hydrogen-bond donors (Lipinski definition) is 1. The maximum absolute atomic E-state index is 13.0. The Morgan fingerprint density at radius 1 is 1.25 bits per heavy atom. The average molecular weight is 244 g/mol. The average Bonchev–Trinajstić information content (AvgIpc) is 2.58. The minimum atomic E-state index is -0.164. The minimum Gasteiger partial charge on any atom is -0.365 e. The van der Waals surface area contributed by atoms with Crippen LogP contribution < -0.4 is 5.32 Å². The van der Waals surface area contributed by atoms with Crippen molar-refractivity contribution in [2.24, 2.45) is 0 Å². The quantitative estimate of drug-likeness (QED) is 0.755. The second kappa shape index (κ2) is 4.32. The van der Waals surface area contributed by atoms with Crippen LogP contribution >= 0.6 is 12.4 Å². The molecule has 0 unspecified atom stereocenters. The van der Waals surface area contributed by atoms with Gasteiger partial charge in [-0.25, -0.2) is 4.39 Å². The highest BCUT2D eigenvalue weighted by atomic mass is 35.5. The van der Waals surface area contributed by atoms with E-state index in [0.29, 0.717) is 6.61 Å². The molecule has 0 aliphatic carbocycles.